The second kappa shape index (κ2) is 6.84. The van der Waals surface area contributed by atoms with E-state index >= 15 is 0 Å². The number of benzene rings is 2. The second-order valence-electron chi connectivity index (χ2n) is 11.8. The number of piperidine rings is 1. The van der Waals surface area contributed by atoms with Crippen molar-refractivity contribution in [1.82, 2.24) is 10.2 Å². The first kappa shape index (κ1) is 20.1. The summed E-state index contributed by atoms with van der Waals surface area (Å²) in [6.07, 6.45) is 8.37. The third-order valence-electron chi connectivity index (χ3n) is 10.8. The maximum absolute atomic E-state index is 6.22. The molecule has 6 unspecified atom stereocenters. The highest BCUT2D eigenvalue weighted by Crippen LogP contribution is 2.97. The zero-order valence-electron chi connectivity index (χ0n) is 19.2. The molecule has 0 aromatic heterocycles. The van der Waals surface area contributed by atoms with Crippen LogP contribution in [0, 0.1) is 22.7 Å². The maximum Gasteiger partial charge on any atom is 0.0406 e. The number of hydrogen-bond acceptors (Lipinski definition) is 2. The molecule has 4 saturated carbocycles. The summed E-state index contributed by atoms with van der Waals surface area (Å²) < 4.78 is 0. The van der Waals surface area contributed by atoms with Crippen LogP contribution in [0.1, 0.15) is 56.6 Å². The number of halogens is 1. The molecular weight excluding hydrogens is 412 g/mol. The standard InChI is InChI=1S/C29H35ClN2/c1-20(31-26-11-13-32(14-12-26)18-21-5-3-2-4-6-21)27-16-23-15-24-17-28(19-27,29(23,24)27)22-7-9-25(30)10-8-22/h2-10,20,23-24,26,31H,11-19H2,1H3. The van der Waals surface area contributed by atoms with E-state index in [2.05, 4.69) is 71.7 Å². The molecule has 3 heteroatoms. The van der Waals surface area contributed by atoms with E-state index in [0.717, 1.165) is 23.4 Å². The smallest absolute Gasteiger partial charge is 0.0406 e. The van der Waals surface area contributed by atoms with Crippen LogP contribution < -0.4 is 5.32 Å². The van der Waals surface area contributed by atoms with Crippen LogP contribution in [-0.4, -0.2) is 30.1 Å². The van der Waals surface area contributed by atoms with Crippen LogP contribution in [0.5, 0.6) is 0 Å². The summed E-state index contributed by atoms with van der Waals surface area (Å²) in [6, 6.07) is 21.2. The van der Waals surface area contributed by atoms with Crippen molar-refractivity contribution in [2.24, 2.45) is 22.7 Å². The Bertz CT molecular complexity index is 1010. The Morgan fingerprint density at radius 1 is 1.00 bits per heavy atom. The predicted octanol–water partition coefficient (Wildman–Crippen LogP) is 6.04. The lowest BCUT2D eigenvalue weighted by atomic mass is 9.07. The molecule has 4 aliphatic carbocycles. The summed E-state index contributed by atoms with van der Waals surface area (Å²) >= 11 is 6.22. The Hall–Kier alpha value is -1.35. The lowest BCUT2D eigenvalue weighted by molar-refractivity contribution is -0.454. The van der Waals surface area contributed by atoms with Gasteiger partial charge in [0.25, 0.3) is 0 Å². The van der Waals surface area contributed by atoms with Gasteiger partial charge in [0.05, 0.1) is 0 Å². The van der Waals surface area contributed by atoms with Gasteiger partial charge in [0.15, 0.2) is 0 Å². The molecule has 1 aliphatic heterocycles. The summed E-state index contributed by atoms with van der Waals surface area (Å²) in [5, 5.41) is 5.05. The fraction of sp³-hybridized carbons (Fsp3) is 0.586. The summed E-state index contributed by atoms with van der Waals surface area (Å²) in [7, 11) is 0. The number of rotatable bonds is 6. The molecule has 2 aromatic carbocycles. The molecular formula is C29H35ClN2. The van der Waals surface area contributed by atoms with Gasteiger partial charge in [0.1, 0.15) is 0 Å². The number of nitrogens with one attached hydrogen (secondary N) is 1. The van der Waals surface area contributed by atoms with Gasteiger partial charge in [-0.1, -0.05) is 54.1 Å². The molecule has 1 spiro atoms. The van der Waals surface area contributed by atoms with Crippen LogP contribution >= 0.6 is 11.6 Å². The molecule has 2 aromatic rings. The molecule has 168 valence electrons. The highest BCUT2D eigenvalue weighted by atomic mass is 35.5. The normalized spacial score (nSPS) is 40.7. The zero-order chi connectivity index (χ0) is 21.6. The van der Waals surface area contributed by atoms with Crippen LogP contribution in [0.4, 0.5) is 0 Å². The van der Waals surface area contributed by atoms with Gasteiger partial charge in [-0.15, -0.1) is 0 Å². The molecule has 0 radical (unpaired) electrons. The number of hydrogen-bond donors (Lipinski definition) is 1. The first-order valence-corrected chi connectivity index (χ1v) is 13.2. The summed E-state index contributed by atoms with van der Waals surface area (Å²) in [6.45, 7) is 6.07. The zero-order valence-corrected chi connectivity index (χ0v) is 20.0. The van der Waals surface area contributed by atoms with Crippen LogP contribution in [0.3, 0.4) is 0 Å². The predicted molar refractivity (Wildman–Crippen MR) is 131 cm³/mol. The largest absolute Gasteiger partial charge is 0.311 e. The quantitative estimate of drug-likeness (QED) is 0.581. The fourth-order valence-corrected chi connectivity index (χ4v) is 9.91. The van der Waals surface area contributed by atoms with Gasteiger partial charge in [-0.2, -0.15) is 0 Å². The van der Waals surface area contributed by atoms with Crippen molar-refractivity contribution in [2.45, 2.75) is 69.5 Å². The molecule has 5 fully saturated rings. The van der Waals surface area contributed by atoms with E-state index in [4.69, 9.17) is 11.6 Å². The third kappa shape index (κ3) is 2.34. The minimum absolute atomic E-state index is 0.471. The van der Waals surface area contributed by atoms with E-state index in [0.29, 0.717) is 28.3 Å². The highest BCUT2D eigenvalue weighted by molar-refractivity contribution is 6.30. The summed E-state index contributed by atoms with van der Waals surface area (Å²) in [5.74, 6) is 1.98. The van der Waals surface area contributed by atoms with E-state index in [1.165, 1.54) is 57.2 Å². The van der Waals surface area contributed by atoms with Crippen molar-refractivity contribution in [3.8, 4) is 0 Å². The molecule has 1 N–H and O–H groups in total. The van der Waals surface area contributed by atoms with Crippen molar-refractivity contribution < 1.29 is 0 Å². The maximum atomic E-state index is 6.22. The lowest BCUT2D eigenvalue weighted by Gasteiger charge is -2.97. The molecule has 1 heterocycles. The minimum Gasteiger partial charge on any atom is -0.311 e. The average Bonchev–Trinajstić information content (AvgIpc) is 2.75. The van der Waals surface area contributed by atoms with Crippen LogP contribution in [0.15, 0.2) is 54.6 Å². The van der Waals surface area contributed by atoms with Gasteiger partial charge >= 0.3 is 0 Å². The average molecular weight is 447 g/mol. The Morgan fingerprint density at radius 2 is 1.72 bits per heavy atom. The molecule has 6 atom stereocenters. The Labute approximate surface area is 197 Å². The molecule has 1 saturated heterocycles. The van der Waals surface area contributed by atoms with Crippen LogP contribution in [0.25, 0.3) is 0 Å². The first-order valence-electron chi connectivity index (χ1n) is 12.9. The van der Waals surface area contributed by atoms with E-state index in [1.54, 1.807) is 5.56 Å². The Morgan fingerprint density at radius 3 is 2.41 bits per heavy atom. The number of likely N-dealkylation sites (tertiary alicyclic amines) is 1. The lowest BCUT2D eigenvalue weighted by Crippen LogP contribution is -2.94. The molecule has 32 heavy (non-hydrogen) atoms. The molecule has 0 bridgehead atoms. The van der Waals surface area contributed by atoms with E-state index in [1.807, 2.05) is 0 Å². The number of nitrogens with zero attached hydrogens (tertiary/aromatic N) is 1. The summed E-state index contributed by atoms with van der Waals surface area (Å²) in [5.41, 5.74) is 4.67. The second-order valence-corrected chi connectivity index (χ2v) is 12.2. The summed E-state index contributed by atoms with van der Waals surface area (Å²) in [4.78, 5) is 2.64. The van der Waals surface area contributed by atoms with E-state index < -0.39 is 0 Å². The molecule has 0 amide bonds. The van der Waals surface area contributed by atoms with E-state index in [-0.39, 0.29) is 0 Å². The highest BCUT2D eigenvalue weighted by Gasteiger charge is 2.94. The van der Waals surface area contributed by atoms with Crippen LogP contribution in [0.2, 0.25) is 5.02 Å². The Kier molecular flexibility index (Phi) is 4.29. The van der Waals surface area contributed by atoms with Crippen molar-refractivity contribution in [3.05, 3.63) is 70.7 Å². The first-order chi connectivity index (χ1) is 15.6. The van der Waals surface area contributed by atoms with Gasteiger partial charge < -0.3 is 5.32 Å². The van der Waals surface area contributed by atoms with Gasteiger partial charge in [-0.05, 0) is 104 Å². The monoisotopic (exact) mass is 446 g/mol. The van der Waals surface area contributed by atoms with Crippen molar-refractivity contribution in [3.63, 3.8) is 0 Å². The van der Waals surface area contributed by atoms with Crippen molar-refractivity contribution in [2.75, 3.05) is 13.1 Å². The topological polar surface area (TPSA) is 15.3 Å². The van der Waals surface area contributed by atoms with Gasteiger partial charge in [-0.25, -0.2) is 0 Å². The third-order valence-corrected chi connectivity index (χ3v) is 11.1. The van der Waals surface area contributed by atoms with Crippen molar-refractivity contribution >= 4 is 11.6 Å². The Balaban J connectivity index is 1.02. The molecule has 5 aliphatic rings. The fourth-order valence-electron chi connectivity index (χ4n) is 9.78. The van der Waals surface area contributed by atoms with Gasteiger partial charge in [0, 0.05) is 29.1 Å². The SMILES string of the molecule is CC(NC1CCN(Cc2ccccc2)CC1)C12CC3CC4CC(c5ccc(Cl)cc5)(C1)C432. The minimum atomic E-state index is 0.471. The molecule has 7 rings (SSSR count). The van der Waals surface area contributed by atoms with Gasteiger partial charge in [-0.3, -0.25) is 4.90 Å². The van der Waals surface area contributed by atoms with Gasteiger partial charge in [0.2, 0.25) is 0 Å². The van der Waals surface area contributed by atoms with Crippen LogP contribution in [-0.2, 0) is 12.0 Å². The van der Waals surface area contributed by atoms with Crippen molar-refractivity contribution in [1.29, 1.82) is 0 Å². The molecule has 2 nitrogen and oxygen atoms in total. The van der Waals surface area contributed by atoms with E-state index in [9.17, 15) is 0 Å².